The van der Waals surface area contributed by atoms with Crippen molar-refractivity contribution in [2.45, 2.75) is 85.9 Å². The van der Waals surface area contributed by atoms with Crippen LogP contribution in [0.1, 0.15) is 92.6 Å². The summed E-state index contributed by atoms with van der Waals surface area (Å²) in [6.45, 7) is 12.4. The Labute approximate surface area is 199 Å². The van der Waals surface area contributed by atoms with Crippen molar-refractivity contribution in [2.75, 3.05) is 0 Å². The molecule has 0 saturated carbocycles. The van der Waals surface area contributed by atoms with Crippen molar-refractivity contribution in [1.29, 1.82) is 0 Å². The molecular weight excluding hydrogens is 412 g/mol. The highest BCUT2D eigenvalue weighted by Gasteiger charge is 2.28. The predicted octanol–water partition coefficient (Wildman–Crippen LogP) is 7.04. The zero-order valence-electron chi connectivity index (χ0n) is 21.1. The summed E-state index contributed by atoms with van der Waals surface area (Å²) in [4.78, 5) is 25.6. The van der Waals surface area contributed by atoms with Crippen molar-refractivity contribution in [2.24, 2.45) is 11.8 Å². The molecule has 0 aliphatic carbocycles. The minimum absolute atomic E-state index is 0.0987. The molecule has 0 aromatic heterocycles. The Balaban J connectivity index is 2.05. The Morgan fingerprint density at radius 1 is 0.636 bits per heavy atom. The summed E-state index contributed by atoms with van der Waals surface area (Å²) in [7, 11) is 0. The molecule has 0 bridgehead atoms. The molecule has 0 aliphatic rings. The van der Waals surface area contributed by atoms with E-state index in [0.717, 1.165) is 25.7 Å². The van der Waals surface area contributed by atoms with Gasteiger partial charge in [-0.1, -0.05) is 78.6 Å². The average molecular weight is 453 g/mol. The quantitative estimate of drug-likeness (QED) is 0.324. The lowest BCUT2D eigenvalue weighted by atomic mass is 9.94. The third-order valence-electron chi connectivity index (χ3n) is 5.93. The minimum Gasteiger partial charge on any atom is -0.458 e. The van der Waals surface area contributed by atoms with Crippen LogP contribution in [0.25, 0.3) is 0 Å². The van der Waals surface area contributed by atoms with Gasteiger partial charge in [0.2, 0.25) is 0 Å². The van der Waals surface area contributed by atoms with E-state index < -0.39 is 0 Å². The van der Waals surface area contributed by atoms with Gasteiger partial charge in [-0.3, -0.25) is 0 Å². The first kappa shape index (κ1) is 26.6. The fraction of sp³-hybridized carbons (Fsp3) is 0.517. The van der Waals surface area contributed by atoms with Crippen LogP contribution in [0.3, 0.4) is 0 Å². The van der Waals surface area contributed by atoms with Crippen molar-refractivity contribution in [3.8, 4) is 0 Å². The summed E-state index contributed by atoms with van der Waals surface area (Å²) in [6, 6.07) is 15.2. The van der Waals surface area contributed by atoms with E-state index in [4.69, 9.17) is 9.47 Å². The van der Waals surface area contributed by atoms with Gasteiger partial charge >= 0.3 is 11.9 Å². The molecule has 180 valence electrons. The number of rotatable bonds is 12. The van der Waals surface area contributed by atoms with E-state index in [1.807, 2.05) is 76.2 Å². The normalized spacial score (nSPS) is 13.1. The van der Waals surface area contributed by atoms with E-state index >= 15 is 0 Å². The van der Waals surface area contributed by atoms with E-state index in [1.54, 1.807) is 0 Å². The van der Waals surface area contributed by atoms with E-state index in [2.05, 4.69) is 13.8 Å². The molecule has 2 rings (SSSR count). The van der Waals surface area contributed by atoms with Gasteiger partial charge in [0, 0.05) is 6.42 Å². The van der Waals surface area contributed by atoms with Crippen LogP contribution in [0, 0.1) is 11.8 Å². The number of hydrogen-bond acceptors (Lipinski definition) is 4. The van der Waals surface area contributed by atoms with Gasteiger partial charge in [0.25, 0.3) is 0 Å². The van der Waals surface area contributed by atoms with Crippen LogP contribution in [0.4, 0.5) is 0 Å². The standard InChI is InChI=1S/C29H40O4/c1-7-9-22-11-15-24(16-12-22)28(30)32-26(20(3)4)19-27(21(5)6)33-29(31)25-17-13-23(10-8-2)14-18-25/h11-18,20-21,26-27H,7-10,19H2,1-6H3. The molecule has 2 aromatic rings. The van der Waals surface area contributed by atoms with Gasteiger partial charge in [-0.05, 0) is 60.1 Å². The van der Waals surface area contributed by atoms with Crippen LogP contribution in [0.2, 0.25) is 0 Å². The number of esters is 2. The Kier molecular flexibility index (Phi) is 10.6. The molecule has 33 heavy (non-hydrogen) atoms. The molecule has 0 spiro atoms. The number of carbonyl (C=O) groups is 2. The van der Waals surface area contributed by atoms with Crippen molar-refractivity contribution >= 4 is 11.9 Å². The van der Waals surface area contributed by atoms with Gasteiger partial charge in [0.05, 0.1) is 11.1 Å². The van der Waals surface area contributed by atoms with Crippen molar-refractivity contribution in [1.82, 2.24) is 0 Å². The average Bonchev–Trinajstić information content (AvgIpc) is 2.79. The van der Waals surface area contributed by atoms with E-state index in [9.17, 15) is 9.59 Å². The van der Waals surface area contributed by atoms with Gasteiger partial charge in [-0.15, -0.1) is 0 Å². The highest BCUT2D eigenvalue weighted by Crippen LogP contribution is 2.23. The van der Waals surface area contributed by atoms with Gasteiger partial charge in [0.15, 0.2) is 0 Å². The molecule has 0 heterocycles. The first-order chi connectivity index (χ1) is 15.7. The molecule has 0 radical (unpaired) electrons. The van der Waals surface area contributed by atoms with Crippen LogP contribution in [0.15, 0.2) is 48.5 Å². The fourth-order valence-corrected chi connectivity index (χ4v) is 3.75. The Morgan fingerprint density at radius 2 is 0.970 bits per heavy atom. The zero-order valence-corrected chi connectivity index (χ0v) is 21.1. The number of hydrogen-bond donors (Lipinski definition) is 0. The molecule has 4 nitrogen and oxygen atoms in total. The molecular formula is C29H40O4. The third-order valence-corrected chi connectivity index (χ3v) is 5.93. The van der Waals surface area contributed by atoms with Crippen LogP contribution in [-0.4, -0.2) is 24.1 Å². The van der Waals surface area contributed by atoms with Crippen LogP contribution in [-0.2, 0) is 22.3 Å². The van der Waals surface area contributed by atoms with Crippen molar-refractivity contribution < 1.29 is 19.1 Å². The Bertz CT molecular complexity index is 792. The Morgan fingerprint density at radius 3 is 1.24 bits per heavy atom. The molecule has 0 aliphatic heterocycles. The molecule has 0 amide bonds. The molecule has 0 saturated heterocycles. The summed E-state index contributed by atoms with van der Waals surface area (Å²) < 4.78 is 11.8. The summed E-state index contributed by atoms with van der Waals surface area (Å²) in [5, 5.41) is 0. The Hall–Kier alpha value is -2.62. The molecule has 2 aromatic carbocycles. The molecule has 2 atom stereocenters. The van der Waals surface area contributed by atoms with E-state index in [0.29, 0.717) is 17.5 Å². The van der Waals surface area contributed by atoms with Crippen molar-refractivity contribution in [3.63, 3.8) is 0 Å². The first-order valence-corrected chi connectivity index (χ1v) is 12.3. The van der Waals surface area contributed by atoms with E-state index in [-0.39, 0.29) is 36.0 Å². The molecule has 4 heteroatoms. The molecule has 0 fully saturated rings. The van der Waals surface area contributed by atoms with Gasteiger partial charge in [-0.2, -0.15) is 0 Å². The fourth-order valence-electron chi connectivity index (χ4n) is 3.75. The molecule has 2 unspecified atom stereocenters. The van der Waals surface area contributed by atoms with Crippen molar-refractivity contribution in [3.05, 3.63) is 70.8 Å². The van der Waals surface area contributed by atoms with Gasteiger partial charge in [-0.25, -0.2) is 9.59 Å². The lowest BCUT2D eigenvalue weighted by molar-refractivity contribution is -0.0219. The maximum Gasteiger partial charge on any atom is 0.338 e. The van der Waals surface area contributed by atoms with Crippen LogP contribution >= 0.6 is 0 Å². The van der Waals surface area contributed by atoms with Gasteiger partial charge in [0.1, 0.15) is 12.2 Å². The maximum atomic E-state index is 12.8. The topological polar surface area (TPSA) is 52.6 Å². The number of carbonyl (C=O) groups excluding carboxylic acids is 2. The maximum absolute atomic E-state index is 12.8. The lowest BCUT2D eigenvalue weighted by Gasteiger charge is -2.28. The second-order valence-electron chi connectivity index (χ2n) is 9.51. The van der Waals surface area contributed by atoms with Crippen LogP contribution in [0.5, 0.6) is 0 Å². The first-order valence-electron chi connectivity index (χ1n) is 12.3. The summed E-state index contributed by atoms with van der Waals surface area (Å²) >= 11 is 0. The second kappa shape index (κ2) is 13.2. The molecule has 0 N–H and O–H groups in total. The highest BCUT2D eigenvalue weighted by atomic mass is 16.6. The predicted molar refractivity (Wildman–Crippen MR) is 134 cm³/mol. The van der Waals surface area contributed by atoms with Crippen LogP contribution < -0.4 is 0 Å². The second-order valence-corrected chi connectivity index (χ2v) is 9.51. The zero-order chi connectivity index (χ0) is 24.4. The largest absolute Gasteiger partial charge is 0.458 e. The third kappa shape index (κ3) is 8.34. The van der Waals surface area contributed by atoms with Gasteiger partial charge < -0.3 is 9.47 Å². The number of benzene rings is 2. The summed E-state index contributed by atoms with van der Waals surface area (Å²) in [6.07, 6.45) is 3.89. The smallest absolute Gasteiger partial charge is 0.338 e. The summed E-state index contributed by atoms with van der Waals surface area (Å²) in [5.74, 6) is -0.475. The minimum atomic E-state index is -0.347. The lowest BCUT2D eigenvalue weighted by Crippen LogP contribution is -2.33. The number of aryl methyl sites for hydroxylation is 2. The monoisotopic (exact) mass is 452 g/mol. The number of ether oxygens (including phenoxy) is 2. The SMILES string of the molecule is CCCc1ccc(C(=O)OC(CC(OC(=O)c2ccc(CCC)cc2)C(C)C)C(C)C)cc1. The highest BCUT2D eigenvalue weighted by molar-refractivity contribution is 5.90. The van der Waals surface area contributed by atoms with E-state index in [1.165, 1.54) is 11.1 Å². The summed E-state index contributed by atoms with van der Waals surface area (Å²) in [5.41, 5.74) is 3.52.